The van der Waals surface area contributed by atoms with Gasteiger partial charge < -0.3 is 10.6 Å². The van der Waals surface area contributed by atoms with Crippen LogP contribution in [-0.2, 0) is 9.59 Å². The highest BCUT2D eigenvalue weighted by Gasteiger charge is 2.25. The van der Waals surface area contributed by atoms with Crippen LogP contribution in [-0.4, -0.2) is 23.3 Å². The average molecular weight is 323 g/mol. The summed E-state index contributed by atoms with van der Waals surface area (Å²) in [6.45, 7) is 2.40. The maximum Gasteiger partial charge on any atom is 0.225 e. The standard InChI is InChI=1S/C19H21N3O2/c1-13(22-19(24)17-6-7-18(23)21-12-17)14-2-4-15(5-3-14)16-8-10-20-11-9-16/h2-5,8-11,13,17H,6-7,12H2,1H3,(H,21,23)(H,22,24). The maximum atomic E-state index is 12.3. The van der Waals surface area contributed by atoms with E-state index in [1.807, 2.05) is 43.3 Å². The van der Waals surface area contributed by atoms with E-state index in [4.69, 9.17) is 0 Å². The second kappa shape index (κ2) is 7.25. The van der Waals surface area contributed by atoms with Gasteiger partial charge in [0, 0.05) is 25.4 Å². The summed E-state index contributed by atoms with van der Waals surface area (Å²) >= 11 is 0. The van der Waals surface area contributed by atoms with E-state index in [0.29, 0.717) is 19.4 Å². The Morgan fingerprint density at radius 1 is 1.17 bits per heavy atom. The minimum Gasteiger partial charge on any atom is -0.355 e. The molecule has 2 aromatic rings. The van der Waals surface area contributed by atoms with Gasteiger partial charge in [0.2, 0.25) is 11.8 Å². The third-order valence-corrected chi connectivity index (χ3v) is 4.42. The summed E-state index contributed by atoms with van der Waals surface area (Å²) in [5.41, 5.74) is 3.29. The Morgan fingerprint density at radius 2 is 1.83 bits per heavy atom. The SMILES string of the molecule is CC(NC(=O)C1CCC(=O)NC1)c1ccc(-c2ccncc2)cc1. The summed E-state index contributed by atoms with van der Waals surface area (Å²) in [4.78, 5) is 27.5. The molecule has 0 bridgehead atoms. The molecule has 0 saturated carbocycles. The fourth-order valence-corrected chi connectivity index (χ4v) is 2.88. The van der Waals surface area contributed by atoms with E-state index in [-0.39, 0.29) is 23.8 Å². The zero-order chi connectivity index (χ0) is 16.9. The van der Waals surface area contributed by atoms with E-state index in [2.05, 4.69) is 15.6 Å². The molecule has 5 nitrogen and oxygen atoms in total. The van der Waals surface area contributed by atoms with Crippen LogP contribution < -0.4 is 10.6 Å². The molecular weight excluding hydrogens is 302 g/mol. The summed E-state index contributed by atoms with van der Waals surface area (Å²) in [7, 11) is 0. The third kappa shape index (κ3) is 3.79. The third-order valence-electron chi connectivity index (χ3n) is 4.42. The lowest BCUT2D eigenvalue weighted by Crippen LogP contribution is -2.43. The molecule has 2 N–H and O–H groups in total. The number of rotatable bonds is 4. The molecule has 2 heterocycles. The second-order valence-corrected chi connectivity index (χ2v) is 6.13. The number of amides is 2. The van der Waals surface area contributed by atoms with Gasteiger partial charge in [-0.1, -0.05) is 24.3 Å². The minimum atomic E-state index is -0.138. The van der Waals surface area contributed by atoms with Gasteiger partial charge in [0.15, 0.2) is 0 Å². The van der Waals surface area contributed by atoms with Crippen LogP contribution in [0.1, 0.15) is 31.4 Å². The number of nitrogens with one attached hydrogen (secondary N) is 2. The van der Waals surface area contributed by atoms with Crippen LogP contribution in [0.5, 0.6) is 0 Å². The Balaban J connectivity index is 1.62. The number of carbonyl (C=O) groups excluding carboxylic acids is 2. The molecule has 0 spiro atoms. The van der Waals surface area contributed by atoms with Crippen molar-refractivity contribution >= 4 is 11.8 Å². The van der Waals surface area contributed by atoms with E-state index < -0.39 is 0 Å². The van der Waals surface area contributed by atoms with Crippen LogP contribution in [0.25, 0.3) is 11.1 Å². The molecule has 1 fully saturated rings. The first-order valence-electron chi connectivity index (χ1n) is 8.21. The van der Waals surface area contributed by atoms with Gasteiger partial charge in [0.1, 0.15) is 0 Å². The number of hydrogen-bond donors (Lipinski definition) is 2. The predicted octanol–water partition coefficient (Wildman–Crippen LogP) is 2.45. The topological polar surface area (TPSA) is 71.1 Å². The van der Waals surface area contributed by atoms with Crippen molar-refractivity contribution in [2.24, 2.45) is 5.92 Å². The highest BCUT2D eigenvalue weighted by atomic mass is 16.2. The quantitative estimate of drug-likeness (QED) is 0.908. The molecule has 0 aliphatic carbocycles. The Hall–Kier alpha value is -2.69. The van der Waals surface area contributed by atoms with Gasteiger partial charge in [-0.3, -0.25) is 14.6 Å². The number of benzene rings is 1. The van der Waals surface area contributed by atoms with Crippen LogP contribution in [0.4, 0.5) is 0 Å². The van der Waals surface area contributed by atoms with Gasteiger partial charge in [0.05, 0.1) is 12.0 Å². The van der Waals surface area contributed by atoms with Crippen molar-refractivity contribution in [1.82, 2.24) is 15.6 Å². The summed E-state index contributed by atoms with van der Waals surface area (Å²) in [6.07, 6.45) is 4.59. The predicted molar refractivity (Wildman–Crippen MR) is 92.0 cm³/mol. The highest BCUT2D eigenvalue weighted by Crippen LogP contribution is 2.22. The Bertz CT molecular complexity index is 703. The molecule has 0 radical (unpaired) electrons. The number of piperidine rings is 1. The normalized spacial score (nSPS) is 18.5. The molecule has 124 valence electrons. The molecule has 1 aromatic carbocycles. The fraction of sp³-hybridized carbons (Fsp3) is 0.316. The molecule has 2 unspecified atom stereocenters. The molecule has 3 rings (SSSR count). The number of carbonyl (C=O) groups is 2. The van der Waals surface area contributed by atoms with Crippen molar-refractivity contribution in [1.29, 1.82) is 0 Å². The van der Waals surface area contributed by atoms with Crippen LogP contribution in [0.3, 0.4) is 0 Å². The smallest absolute Gasteiger partial charge is 0.225 e. The molecular formula is C19H21N3O2. The molecule has 2 atom stereocenters. The number of hydrogen-bond acceptors (Lipinski definition) is 3. The van der Waals surface area contributed by atoms with E-state index in [1.165, 1.54) is 0 Å². The van der Waals surface area contributed by atoms with Crippen LogP contribution in [0.2, 0.25) is 0 Å². The zero-order valence-corrected chi connectivity index (χ0v) is 13.7. The lowest BCUT2D eigenvalue weighted by Gasteiger charge is -2.24. The largest absolute Gasteiger partial charge is 0.355 e. The summed E-state index contributed by atoms with van der Waals surface area (Å²) in [5, 5.41) is 5.79. The molecule has 5 heteroatoms. The molecule has 24 heavy (non-hydrogen) atoms. The van der Waals surface area contributed by atoms with Crippen molar-refractivity contribution in [2.75, 3.05) is 6.54 Å². The summed E-state index contributed by atoms with van der Waals surface area (Å²) in [5.74, 6) is -0.110. The van der Waals surface area contributed by atoms with Gasteiger partial charge in [0.25, 0.3) is 0 Å². The van der Waals surface area contributed by atoms with Gasteiger partial charge in [-0.25, -0.2) is 0 Å². The van der Waals surface area contributed by atoms with Gasteiger partial charge in [-0.05, 0) is 42.2 Å². The monoisotopic (exact) mass is 323 g/mol. The summed E-state index contributed by atoms with van der Waals surface area (Å²) < 4.78 is 0. The molecule has 1 saturated heterocycles. The molecule has 1 aliphatic rings. The van der Waals surface area contributed by atoms with Crippen LogP contribution in [0, 0.1) is 5.92 Å². The van der Waals surface area contributed by atoms with Gasteiger partial charge in [-0.15, -0.1) is 0 Å². The fourth-order valence-electron chi connectivity index (χ4n) is 2.88. The number of nitrogens with zero attached hydrogens (tertiary/aromatic N) is 1. The van der Waals surface area contributed by atoms with Crippen molar-refractivity contribution < 1.29 is 9.59 Å². The van der Waals surface area contributed by atoms with E-state index in [0.717, 1.165) is 16.7 Å². The maximum absolute atomic E-state index is 12.3. The van der Waals surface area contributed by atoms with Gasteiger partial charge in [-0.2, -0.15) is 0 Å². The molecule has 1 aromatic heterocycles. The van der Waals surface area contributed by atoms with Crippen molar-refractivity contribution in [2.45, 2.75) is 25.8 Å². The number of aromatic nitrogens is 1. The van der Waals surface area contributed by atoms with Crippen molar-refractivity contribution in [3.8, 4) is 11.1 Å². The first-order valence-corrected chi connectivity index (χ1v) is 8.21. The lowest BCUT2D eigenvalue weighted by molar-refractivity contribution is -0.129. The molecule has 1 aliphatic heterocycles. The first-order chi connectivity index (χ1) is 11.6. The summed E-state index contributed by atoms with van der Waals surface area (Å²) in [6, 6.07) is 12.0. The minimum absolute atomic E-state index is 0.000658. The Kier molecular flexibility index (Phi) is 4.89. The van der Waals surface area contributed by atoms with E-state index in [1.54, 1.807) is 12.4 Å². The Labute approximate surface area is 141 Å². The van der Waals surface area contributed by atoms with Crippen molar-refractivity contribution in [3.63, 3.8) is 0 Å². The number of pyridine rings is 1. The lowest BCUT2D eigenvalue weighted by atomic mass is 9.97. The van der Waals surface area contributed by atoms with Gasteiger partial charge >= 0.3 is 0 Å². The second-order valence-electron chi connectivity index (χ2n) is 6.13. The first kappa shape index (κ1) is 16.2. The van der Waals surface area contributed by atoms with Crippen LogP contribution >= 0.6 is 0 Å². The Morgan fingerprint density at radius 3 is 2.46 bits per heavy atom. The highest BCUT2D eigenvalue weighted by molar-refractivity contribution is 5.84. The average Bonchev–Trinajstić information content (AvgIpc) is 2.63. The van der Waals surface area contributed by atoms with E-state index in [9.17, 15) is 9.59 Å². The molecule has 2 amide bonds. The van der Waals surface area contributed by atoms with Crippen LogP contribution in [0.15, 0.2) is 48.8 Å². The van der Waals surface area contributed by atoms with E-state index >= 15 is 0 Å². The van der Waals surface area contributed by atoms with Crippen molar-refractivity contribution in [3.05, 3.63) is 54.4 Å². The zero-order valence-electron chi connectivity index (χ0n) is 13.7.